The molecule has 140 valence electrons. The zero-order chi connectivity index (χ0) is 19.5. The first-order valence-corrected chi connectivity index (χ1v) is 9.45. The Hall–Kier alpha value is -2.15. The van der Waals surface area contributed by atoms with Gasteiger partial charge in [0.1, 0.15) is 5.82 Å². The first-order chi connectivity index (χ1) is 12.1. The van der Waals surface area contributed by atoms with E-state index in [1.54, 1.807) is 4.57 Å². The number of hydrogen-bond acceptors (Lipinski definition) is 5. The Bertz CT molecular complexity index is 791. The Morgan fingerprint density at radius 3 is 2.35 bits per heavy atom. The molecule has 6 nitrogen and oxygen atoms in total. The smallest absolute Gasteiger partial charge is 0.217 e. The van der Waals surface area contributed by atoms with Gasteiger partial charge in [0.25, 0.3) is 0 Å². The summed E-state index contributed by atoms with van der Waals surface area (Å²) in [5, 5.41) is 8.57. The highest BCUT2D eigenvalue weighted by atomic mass is 32.2. The van der Waals surface area contributed by atoms with Crippen molar-refractivity contribution in [3.63, 3.8) is 0 Å². The second-order valence-electron chi connectivity index (χ2n) is 7.38. The number of nitrogens with two attached hydrogens (primary N) is 1. The number of ketones is 1. The fourth-order valence-electron chi connectivity index (χ4n) is 2.48. The van der Waals surface area contributed by atoms with Gasteiger partial charge in [-0.3, -0.25) is 9.59 Å². The lowest BCUT2D eigenvalue weighted by Crippen LogP contribution is -2.16. The summed E-state index contributed by atoms with van der Waals surface area (Å²) in [6.07, 6.45) is 0.668. The number of benzene rings is 1. The first-order valence-electron chi connectivity index (χ1n) is 8.57. The fourth-order valence-corrected chi connectivity index (χ4v) is 3.39. The number of Topliss-reactive ketones (excluding diaryl/α,β-unsaturated/α-hetero) is 1. The summed E-state index contributed by atoms with van der Waals surface area (Å²) in [7, 11) is 1.83. The van der Waals surface area contributed by atoms with E-state index >= 15 is 0 Å². The van der Waals surface area contributed by atoms with Crippen molar-refractivity contribution in [3.05, 3.63) is 41.2 Å². The lowest BCUT2D eigenvalue weighted by atomic mass is 9.86. The van der Waals surface area contributed by atoms with Gasteiger partial charge in [-0.2, -0.15) is 0 Å². The summed E-state index contributed by atoms with van der Waals surface area (Å²) < 4.78 is 1.81. The quantitative estimate of drug-likeness (QED) is 0.594. The van der Waals surface area contributed by atoms with Crippen LogP contribution < -0.4 is 5.73 Å². The molecule has 1 heterocycles. The van der Waals surface area contributed by atoms with E-state index in [9.17, 15) is 9.59 Å². The second-order valence-corrected chi connectivity index (χ2v) is 8.68. The van der Waals surface area contributed by atoms with Gasteiger partial charge in [-0.1, -0.05) is 56.8 Å². The summed E-state index contributed by atoms with van der Waals surface area (Å²) in [6, 6.07) is 7.79. The molecular formula is C19H26N4O2S. The van der Waals surface area contributed by atoms with E-state index < -0.39 is 0 Å². The van der Waals surface area contributed by atoms with E-state index in [2.05, 4.69) is 31.0 Å². The molecule has 2 aromatic rings. The highest BCUT2D eigenvalue weighted by Crippen LogP contribution is 2.26. The maximum atomic E-state index is 12.7. The number of aryl methyl sites for hydroxylation is 1. The van der Waals surface area contributed by atoms with Crippen molar-refractivity contribution >= 4 is 23.5 Å². The van der Waals surface area contributed by atoms with Crippen LogP contribution in [0.15, 0.2) is 29.4 Å². The molecule has 0 aliphatic carbocycles. The Morgan fingerprint density at radius 2 is 1.81 bits per heavy atom. The van der Waals surface area contributed by atoms with Gasteiger partial charge < -0.3 is 10.3 Å². The van der Waals surface area contributed by atoms with Crippen LogP contribution in [0.25, 0.3) is 0 Å². The highest BCUT2D eigenvalue weighted by molar-refractivity contribution is 8.00. The summed E-state index contributed by atoms with van der Waals surface area (Å²) in [4.78, 5) is 23.6. The molecule has 0 bridgehead atoms. The topological polar surface area (TPSA) is 90.9 Å². The molecule has 0 spiro atoms. The third-order valence-corrected chi connectivity index (χ3v) is 5.34. The van der Waals surface area contributed by atoms with Gasteiger partial charge >= 0.3 is 0 Å². The molecular weight excluding hydrogens is 348 g/mol. The van der Waals surface area contributed by atoms with Crippen LogP contribution in [0.2, 0.25) is 0 Å². The molecule has 0 saturated carbocycles. The largest absolute Gasteiger partial charge is 0.370 e. The number of amides is 1. The molecule has 1 aromatic heterocycles. The third kappa shape index (κ3) is 4.94. The van der Waals surface area contributed by atoms with Gasteiger partial charge in [0.05, 0.1) is 5.25 Å². The second kappa shape index (κ2) is 8.03. The number of nitrogens with zero attached hydrogens (tertiary/aromatic N) is 3. The van der Waals surface area contributed by atoms with Crippen LogP contribution in [0, 0.1) is 0 Å². The van der Waals surface area contributed by atoms with Gasteiger partial charge in [-0.05, 0) is 17.9 Å². The molecule has 0 fully saturated rings. The zero-order valence-corrected chi connectivity index (χ0v) is 16.8. The normalized spacial score (nSPS) is 12.8. The molecule has 0 radical (unpaired) electrons. The van der Waals surface area contributed by atoms with Crippen molar-refractivity contribution in [3.8, 4) is 0 Å². The van der Waals surface area contributed by atoms with Gasteiger partial charge in [0, 0.05) is 25.5 Å². The minimum absolute atomic E-state index is 0.0529. The number of carbonyl (C=O) groups excluding carboxylic acids is 2. The number of aromatic nitrogens is 3. The molecule has 0 saturated heterocycles. The first kappa shape index (κ1) is 20.2. The molecule has 2 rings (SSSR count). The number of thioether (sulfide) groups is 1. The van der Waals surface area contributed by atoms with E-state index in [1.807, 2.05) is 38.2 Å². The molecule has 7 heteroatoms. The standard InChI is InChI=1S/C19H26N4O2S/c1-12(17(25)13-6-8-14(9-7-13)19(2,3)4)26-18-22-21-16(23(18)5)11-10-15(20)24/h6-9,12H,10-11H2,1-5H3,(H2,20,24)/t12-/m1/s1. The minimum atomic E-state index is -0.371. The lowest BCUT2D eigenvalue weighted by Gasteiger charge is -2.19. The average molecular weight is 375 g/mol. The van der Waals surface area contributed by atoms with Crippen LogP contribution >= 0.6 is 11.8 Å². The van der Waals surface area contributed by atoms with Crippen LogP contribution in [0.4, 0.5) is 0 Å². The average Bonchev–Trinajstić information content (AvgIpc) is 2.91. The van der Waals surface area contributed by atoms with Crippen molar-refractivity contribution in [2.75, 3.05) is 0 Å². The Kier molecular flexibility index (Phi) is 6.23. The van der Waals surface area contributed by atoms with Crippen molar-refractivity contribution < 1.29 is 9.59 Å². The number of rotatable bonds is 7. The maximum Gasteiger partial charge on any atom is 0.217 e. The zero-order valence-electron chi connectivity index (χ0n) is 15.9. The van der Waals surface area contributed by atoms with E-state index in [0.29, 0.717) is 23.0 Å². The molecule has 0 unspecified atom stereocenters. The third-order valence-electron chi connectivity index (χ3n) is 4.21. The van der Waals surface area contributed by atoms with Crippen molar-refractivity contribution in [1.29, 1.82) is 0 Å². The minimum Gasteiger partial charge on any atom is -0.370 e. The Labute approximate surface area is 158 Å². The lowest BCUT2D eigenvalue weighted by molar-refractivity contribution is -0.118. The van der Waals surface area contributed by atoms with Crippen LogP contribution in [0.3, 0.4) is 0 Å². The predicted octanol–water partition coefficient (Wildman–Crippen LogP) is 2.89. The van der Waals surface area contributed by atoms with Gasteiger partial charge in [-0.15, -0.1) is 10.2 Å². The van der Waals surface area contributed by atoms with E-state index in [4.69, 9.17) is 5.73 Å². The van der Waals surface area contributed by atoms with Gasteiger partial charge in [0.15, 0.2) is 10.9 Å². The monoisotopic (exact) mass is 374 g/mol. The SMILES string of the molecule is C[C@@H](Sc1nnc(CCC(N)=O)n1C)C(=O)c1ccc(C(C)(C)C)cc1. The van der Waals surface area contributed by atoms with E-state index in [-0.39, 0.29) is 28.8 Å². The Balaban J connectivity index is 2.06. The summed E-state index contributed by atoms with van der Waals surface area (Å²) in [5.74, 6) is 0.363. The summed E-state index contributed by atoms with van der Waals surface area (Å²) in [6.45, 7) is 8.30. The fraction of sp³-hybridized carbons (Fsp3) is 0.474. The number of hydrogen-bond donors (Lipinski definition) is 1. The van der Waals surface area contributed by atoms with Crippen LogP contribution in [-0.4, -0.2) is 31.7 Å². The van der Waals surface area contributed by atoms with Crippen LogP contribution in [0.5, 0.6) is 0 Å². The molecule has 26 heavy (non-hydrogen) atoms. The molecule has 0 aliphatic rings. The number of primary amides is 1. The molecule has 1 amide bonds. The summed E-state index contributed by atoms with van der Waals surface area (Å²) in [5.41, 5.74) is 7.12. The molecule has 1 aromatic carbocycles. The molecule has 2 N–H and O–H groups in total. The predicted molar refractivity (Wildman–Crippen MR) is 103 cm³/mol. The van der Waals surface area contributed by atoms with Gasteiger partial charge in [0.2, 0.25) is 5.91 Å². The van der Waals surface area contributed by atoms with E-state index in [1.165, 1.54) is 17.3 Å². The van der Waals surface area contributed by atoms with E-state index in [0.717, 1.165) is 0 Å². The molecule has 1 atom stereocenters. The van der Waals surface area contributed by atoms with Crippen molar-refractivity contribution in [2.45, 2.75) is 56.4 Å². The molecule has 0 aliphatic heterocycles. The maximum absolute atomic E-state index is 12.7. The Morgan fingerprint density at radius 1 is 1.19 bits per heavy atom. The van der Waals surface area contributed by atoms with Gasteiger partial charge in [-0.25, -0.2) is 0 Å². The van der Waals surface area contributed by atoms with Crippen molar-refractivity contribution in [2.24, 2.45) is 12.8 Å². The van der Waals surface area contributed by atoms with Crippen LogP contribution in [-0.2, 0) is 23.7 Å². The van der Waals surface area contributed by atoms with Crippen molar-refractivity contribution in [1.82, 2.24) is 14.8 Å². The highest BCUT2D eigenvalue weighted by Gasteiger charge is 2.21. The summed E-state index contributed by atoms with van der Waals surface area (Å²) >= 11 is 1.36. The van der Waals surface area contributed by atoms with Crippen LogP contribution in [0.1, 0.15) is 55.9 Å². The number of carbonyl (C=O) groups is 2.